The van der Waals surface area contributed by atoms with E-state index in [4.69, 9.17) is 5.73 Å². The second-order valence-electron chi connectivity index (χ2n) is 5.97. The molecule has 5 N–H and O–H groups in total. The average Bonchev–Trinajstić information content (AvgIpc) is 3.01. The largest absolute Gasteiger partial charge is 0.401 e. The molecule has 1 amide bonds. The zero-order chi connectivity index (χ0) is 18.7. The van der Waals surface area contributed by atoms with Gasteiger partial charge in [0.05, 0.1) is 5.39 Å². The number of pyridine rings is 1. The highest BCUT2D eigenvalue weighted by Gasteiger charge is 2.12. The fraction of sp³-hybridized carbons (Fsp3) is 0.250. The van der Waals surface area contributed by atoms with Crippen LogP contribution in [0.15, 0.2) is 23.1 Å². The van der Waals surface area contributed by atoms with E-state index in [1.807, 2.05) is 0 Å². The fourth-order valence-electron chi connectivity index (χ4n) is 2.77. The summed E-state index contributed by atoms with van der Waals surface area (Å²) in [4.78, 5) is 36.7. The van der Waals surface area contributed by atoms with Crippen LogP contribution in [0.2, 0.25) is 0 Å². The summed E-state index contributed by atoms with van der Waals surface area (Å²) in [5, 5.41) is 2.83. The molecular formula is C16H18BFN6O2. The molecular weight excluding hydrogens is 338 g/mol. The number of hydrogen-bond acceptors (Lipinski definition) is 5. The van der Waals surface area contributed by atoms with E-state index in [0.29, 0.717) is 17.5 Å². The normalized spacial score (nSPS) is 11.0. The molecule has 0 spiro atoms. The second kappa shape index (κ2) is 7.38. The van der Waals surface area contributed by atoms with Crippen LogP contribution in [0.25, 0.3) is 11.0 Å². The summed E-state index contributed by atoms with van der Waals surface area (Å²) in [5.74, 6) is -1.09. The van der Waals surface area contributed by atoms with Crippen LogP contribution in [0.5, 0.6) is 0 Å². The van der Waals surface area contributed by atoms with Gasteiger partial charge in [-0.3, -0.25) is 14.6 Å². The lowest BCUT2D eigenvalue weighted by atomic mass is 10.1. The van der Waals surface area contributed by atoms with Crippen molar-refractivity contribution < 1.29 is 9.18 Å². The summed E-state index contributed by atoms with van der Waals surface area (Å²) in [6.45, 7) is 0. The SMILES string of the molecule is BNC(=O)c1ncc(CCCCc2cc3c(=O)[nH]c(N)nc3[nH]2)cc1F. The number of nitrogen functional groups attached to an aromatic ring is 1. The topological polar surface area (TPSA) is 130 Å². The summed E-state index contributed by atoms with van der Waals surface area (Å²) < 4.78 is 13.9. The number of aryl methyl sites for hydroxylation is 2. The number of amides is 1. The maximum atomic E-state index is 13.9. The van der Waals surface area contributed by atoms with Gasteiger partial charge in [0, 0.05) is 11.9 Å². The molecule has 3 rings (SSSR count). The average molecular weight is 356 g/mol. The minimum atomic E-state index is -0.625. The number of carbonyl (C=O) groups excluding carboxylic acids is 1. The Bertz CT molecular complexity index is 1020. The van der Waals surface area contributed by atoms with Crippen molar-refractivity contribution in [2.24, 2.45) is 0 Å². The predicted molar refractivity (Wildman–Crippen MR) is 98.0 cm³/mol. The van der Waals surface area contributed by atoms with Crippen LogP contribution in [0.3, 0.4) is 0 Å². The van der Waals surface area contributed by atoms with Gasteiger partial charge in [0.2, 0.25) is 13.9 Å². The van der Waals surface area contributed by atoms with E-state index in [1.165, 1.54) is 20.2 Å². The van der Waals surface area contributed by atoms with E-state index in [9.17, 15) is 14.0 Å². The number of anilines is 1. The fourth-order valence-corrected chi connectivity index (χ4v) is 2.77. The van der Waals surface area contributed by atoms with Gasteiger partial charge in [0.1, 0.15) is 5.65 Å². The van der Waals surface area contributed by atoms with Crippen molar-refractivity contribution in [2.45, 2.75) is 25.7 Å². The summed E-state index contributed by atoms with van der Waals surface area (Å²) in [6, 6.07) is 3.10. The number of H-pyrrole nitrogens is 2. The van der Waals surface area contributed by atoms with Crippen molar-refractivity contribution in [1.82, 2.24) is 25.2 Å². The highest BCUT2D eigenvalue weighted by Crippen LogP contribution is 2.14. The maximum Gasteiger partial charge on any atom is 0.261 e. The molecule has 3 aromatic heterocycles. The van der Waals surface area contributed by atoms with Crippen molar-refractivity contribution >= 4 is 30.9 Å². The first-order valence-corrected chi connectivity index (χ1v) is 8.22. The van der Waals surface area contributed by atoms with Gasteiger partial charge in [-0.1, -0.05) is 0 Å². The van der Waals surface area contributed by atoms with Gasteiger partial charge >= 0.3 is 0 Å². The molecule has 134 valence electrons. The Morgan fingerprint density at radius 2 is 2.04 bits per heavy atom. The zero-order valence-corrected chi connectivity index (χ0v) is 14.2. The van der Waals surface area contributed by atoms with Crippen LogP contribution in [0.4, 0.5) is 10.3 Å². The third kappa shape index (κ3) is 3.74. The van der Waals surface area contributed by atoms with Crippen molar-refractivity contribution in [3.8, 4) is 0 Å². The third-order valence-electron chi connectivity index (χ3n) is 4.07. The molecule has 0 aliphatic heterocycles. The molecule has 0 radical (unpaired) electrons. The van der Waals surface area contributed by atoms with Gasteiger partial charge in [-0.05, 0) is 43.4 Å². The summed E-state index contributed by atoms with van der Waals surface area (Å²) in [7, 11) is 1.43. The van der Waals surface area contributed by atoms with Crippen molar-refractivity contribution in [1.29, 1.82) is 0 Å². The highest BCUT2D eigenvalue weighted by atomic mass is 19.1. The Balaban J connectivity index is 1.57. The number of nitrogens with one attached hydrogen (secondary N) is 3. The van der Waals surface area contributed by atoms with Gasteiger partial charge in [0.25, 0.3) is 11.5 Å². The number of carbonyl (C=O) groups is 1. The maximum absolute atomic E-state index is 13.9. The molecule has 0 unspecified atom stereocenters. The number of halogens is 1. The van der Waals surface area contributed by atoms with E-state index in [2.05, 4.69) is 25.2 Å². The Kier molecular flexibility index (Phi) is 5.01. The van der Waals surface area contributed by atoms with Gasteiger partial charge < -0.3 is 15.9 Å². The molecule has 0 fully saturated rings. The summed E-state index contributed by atoms with van der Waals surface area (Å²) >= 11 is 0. The van der Waals surface area contributed by atoms with Gasteiger partial charge in [-0.2, -0.15) is 4.98 Å². The number of nitrogens with two attached hydrogens (primary N) is 1. The first-order chi connectivity index (χ1) is 12.5. The monoisotopic (exact) mass is 356 g/mol. The molecule has 10 heteroatoms. The van der Waals surface area contributed by atoms with Crippen molar-refractivity contribution in [3.63, 3.8) is 0 Å². The Morgan fingerprint density at radius 3 is 2.77 bits per heavy atom. The first kappa shape index (κ1) is 17.7. The Labute approximate surface area is 148 Å². The highest BCUT2D eigenvalue weighted by molar-refractivity contribution is 6.17. The molecule has 8 nitrogen and oxygen atoms in total. The number of fused-ring (bicyclic) bond motifs is 1. The Morgan fingerprint density at radius 1 is 1.27 bits per heavy atom. The predicted octanol–water partition coefficient (Wildman–Crippen LogP) is 0.211. The number of aromatic nitrogens is 4. The molecule has 3 aromatic rings. The second-order valence-corrected chi connectivity index (χ2v) is 5.97. The van der Waals surface area contributed by atoms with Crippen LogP contribution in [-0.4, -0.2) is 33.8 Å². The lowest BCUT2D eigenvalue weighted by molar-refractivity contribution is 0.0972. The molecule has 26 heavy (non-hydrogen) atoms. The van der Waals surface area contributed by atoms with Crippen LogP contribution >= 0.6 is 0 Å². The van der Waals surface area contributed by atoms with E-state index < -0.39 is 11.7 Å². The van der Waals surface area contributed by atoms with E-state index >= 15 is 0 Å². The van der Waals surface area contributed by atoms with Crippen LogP contribution in [-0.2, 0) is 12.8 Å². The summed E-state index contributed by atoms with van der Waals surface area (Å²) in [6.07, 6.45) is 4.52. The molecule has 0 saturated heterocycles. The third-order valence-corrected chi connectivity index (χ3v) is 4.07. The lowest BCUT2D eigenvalue weighted by Gasteiger charge is -2.04. The molecule has 0 atom stereocenters. The smallest absolute Gasteiger partial charge is 0.261 e. The molecule has 3 heterocycles. The summed E-state index contributed by atoms with van der Waals surface area (Å²) in [5.41, 5.74) is 7.14. The number of aromatic amines is 2. The van der Waals surface area contributed by atoms with E-state index in [1.54, 1.807) is 6.07 Å². The van der Waals surface area contributed by atoms with E-state index in [-0.39, 0.29) is 17.2 Å². The van der Waals surface area contributed by atoms with Crippen LogP contribution in [0, 0.1) is 5.82 Å². The minimum Gasteiger partial charge on any atom is -0.401 e. The van der Waals surface area contributed by atoms with E-state index in [0.717, 1.165) is 30.5 Å². The van der Waals surface area contributed by atoms with Gasteiger partial charge in [-0.15, -0.1) is 0 Å². The van der Waals surface area contributed by atoms with Crippen molar-refractivity contribution in [2.75, 3.05) is 5.73 Å². The lowest BCUT2D eigenvalue weighted by Crippen LogP contribution is -2.22. The standard InChI is InChI=1S/C16H18BFN6O2/c17-24-15(26)12-11(18)5-8(7-20-12)3-1-2-4-9-6-10-13(21-9)22-16(19)23-14(10)25/h5-7H,1-4,17H2,(H,24,26)(H4,19,21,22,23,25). The van der Waals surface area contributed by atoms with Crippen LogP contribution < -0.4 is 16.5 Å². The minimum absolute atomic E-state index is 0.0747. The van der Waals surface area contributed by atoms with Gasteiger partial charge in [0.15, 0.2) is 11.5 Å². The number of nitrogens with zero attached hydrogens (tertiary/aromatic N) is 2. The first-order valence-electron chi connectivity index (χ1n) is 8.22. The van der Waals surface area contributed by atoms with Crippen molar-refractivity contribution in [3.05, 3.63) is 51.5 Å². The number of hydrogen-bond donors (Lipinski definition) is 4. The van der Waals surface area contributed by atoms with Crippen LogP contribution in [0.1, 0.15) is 34.6 Å². The molecule has 0 saturated carbocycles. The molecule has 0 bridgehead atoms. The Hall–Kier alpha value is -3.17. The molecule has 0 aliphatic rings. The molecule has 0 aromatic carbocycles. The number of unbranched alkanes of at least 4 members (excludes halogenated alkanes) is 1. The number of rotatable bonds is 6. The quantitative estimate of drug-likeness (QED) is 0.371. The molecule has 0 aliphatic carbocycles. The van der Waals surface area contributed by atoms with Gasteiger partial charge in [-0.25, -0.2) is 9.37 Å². The zero-order valence-electron chi connectivity index (χ0n) is 14.2.